The zero-order valence-electron chi connectivity index (χ0n) is 22.0. The van der Waals surface area contributed by atoms with Crippen LogP contribution in [0.1, 0.15) is 38.8 Å². The topological polar surface area (TPSA) is 124 Å². The number of nitrogens with one attached hydrogen (secondary N) is 1. The number of ketones is 1. The van der Waals surface area contributed by atoms with Gasteiger partial charge in [-0.1, -0.05) is 88.4 Å². The Morgan fingerprint density at radius 3 is 2.03 bits per heavy atom. The predicted octanol–water partition coefficient (Wildman–Crippen LogP) is 2.72. The van der Waals surface area contributed by atoms with Crippen LogP contribution in [0.15, 0.2) is 66.9 Å². The van der Waals surface area contributed by atoms with E-state index in [9.17, 15) is 29.1 Å². The van der Waals surface area contributed by atoms with E-state index in [2.05, 4.69) is 5.32 Å². The van der Waals surface area contributed by atoms with Crippen molar-refractivity contribution < 1.29 is 29.1 Å². The first-order valence-electron chi connectivity index (χ1n) is 12.5. The zero-order chi connectivity index (χ0) is 28.0. The van der Waals surface area contributed by atoms with E-state index < -0.39 is 42.2 Å². The average molecular weight is 520 g/mol. The maximum Gasteiger partial charge on any atom is 0.374 e. The van der Waals surface area contributed by atoms with E-state index in [1.165, 1.54) is 9.80 Å². The van der Waals surface area contributed by atoms with Crippen molar-refractivity contribution in [2.24, 2.45) is 11.8 Å². The van der Waals surface area contributed by atoms with Gasteiger partial charge in [-0.3, -0.25) is 24.1 Å². The lowest BCUT2D eigenvalue weighted by molar-refractivity contribution is -0.150. The molecule has 0 saturated carbocycles. The standard InChI is InChI=1S/C29H33N3O6/c1-18(2)25-28(36)31(23(21-13-9-6-10-14-21)16-32(25)27(35)19(3)4)17-24(33)30-22(26(34)29(37)38)15-20-11-7-5-8-12-20/h5-14,16,18-19,22,25H,15,17H2,1-4H3,(H,30,33)(H,37,38)/t22-,25+/m0/s1. The average Bonchev–Trinajstić information content (AvgIpc) is 2.89. The number of hydrogen-bond acceptors (Lipinski definition) is 5. The summed E-state index contributed by atoms with van der Waals surface area (Å²) in [4.78, 5) is 66.6. The van der Waals surface area contributed by atoms with Gasteiger partial charge in [0.1, 0.15) is 18.6 Å². The van der Waals surface area contributed by atoms with E-state index in [1.54, 1.807) is 74.6 Å². The Bertz CT molecular complexity index is 1220. The number of hydrogen-bond donors (Lipinski definition) is 2. The third-order valence-electron chi connectivity index (χ3n) is 6.27. The van der Waals surface area contributed by atoms with E-state index in [1.807, 2.05) is 19.9 Å². The van der Waals surface area contributed by atoms with Crippen molar-refractivity contribution in [3.05, 3.63) is 78.0 Å². The minimum absolute atomic E-state index is 0.0155. The molecule has 2 aromatic rings. The third kappa shape index (κ3) is 6.53. The fourth-order valence-electron chi connectivity index (χ4n) is 4.38. The number of carboxylic acids is 1. The number of carbonyl (C=O) groups is 5. The smallest absolute Gasteiger partial charge is 0.374 e. The van der Waals surface area contributed by atoms with Crippen LogP contribution < -0.4 is 5.32 Å². The Morgan fingerprint density at radius 1 is 0.921 bits per heavy atom. The molecule has 2 N–H and O–H groups in total. The highest BCUT2D eigenvalue weighted by Crippen LogP contribution is 2.30. The lowest BCUT2D eigenvalue weighted by atomic mass is 9.95. The molecule has 1 aliphatic heterocycles. The van der Waals surface area contributed by atoms with Crippen molar-refractivity contribution in [2.75, 3.05) is 6.54 Å². The second kappa shape index (κ2) is 12.3. The molecule has 0 unspecified atom stereocenters. The molecule has 2 aromatic carbocycles. The van der Waals surface area contributed by atoms with Crippen LogP contribution >= 0.6 is 0 Å². The highest BCUT2D eigenvalue weighted by atomic mass is 16.4. The van der Waals surface area contributed by atoms with Gasteiger partial charge in [0.25, 0.3) is 11.7 Å². The SMILES string of the molecule is CC(C)C(=O)N1C=C(c2ccccc2)N(CC(=O)N[C@@H](Cc2ccccc2)C(=O)C(=O)O)C(=O)[C@H]1C(C)C. The number of carbonyl (C=O) groups excluding carboxylic acids is 4. The van der Waals surface area contributed by atoms with Crippen molar-refractivity contribution in [3.8, 4) is 0 Å². The first kappa shape index (κ1) is 28.3. The number of nitrogens with zero attached hydrogens (tertiary/aromatic N) is 2. The van der Waals surface area contributed by atoms with Crippen LogP contribution in [0.25, 0.3) is 5.70 Å². The molecule has 0 spiro atoms. The Balaban J connectivity index is 1.96. The van der Waals surface area contributed by atoms with Gasteiger partial charge in [-0.2, -0.15) is 0 Å². The Kier molecular flexibility index (Phi) is 9.17. The van der Waals surface area contributed by atoms with Gasteiger partial charge in [-0.15, -0.1) is 0 Å². The van der Waals surface area contributed by atoms with Crippen LogP contribution in [0.2, 0.25) is 0 Å². The van der Waals surface area contributed by atoms with Crippen molar-refractivity contribution in [2.45, 2.75) is 46.2 Å². The molecule has 0 aliphatic carbocycles. The van der Waals surface area contributed by atoms with Gasteiger partial charge in [0.15, 0.2) is 0 Å². The molecule has 0 saturated heterocycles. The highest BCUT2D eigenvalue weighted by Gasteiger charge is 2.41. The first-order chi connectivity index (χ1) is 18.0. The van der Waals surface area contributed by atoms with E-state index in [0.29, 0.717) is 16.8 Å². The van der Waals surface area contributed by atoms with Crippen LogP contribution in [0, 0.1) is 11.8 Å². The number of aliphatic carboxylic acids is 1. The molecule has 0 radical (unpaired) electrons. The molecule has 1 aliphatic rings. The first-order valence-corrected chi connectivity index (χ1v) is 12.5. The van der Waals surface area contributed by atoms with Gasteiger partial charge in [0.2, 0.25) is 11.8 Å². The third-order valence-corrected chi connectivity index (χ3v) is 6.27. The number of benzene rings is 2. The van der Waals surface area contributed by atoms with Crippen molar-refractivity contribution in [1.82, 2.24) is 15.1 Å². The van der Waals surface area contributed by atoms with Gasteiger partial charge in [-0.25, -0.2) is 4.79 Å². The van der Waals surface area contributed by atoms with Crippen molar-refractivity contribution >= 4 is 35.2 Å². The summed E-state index contributed by atoms with van der Waals surface area (Å²) < 4.78 is 0. The fourth-order valence-corrected chi connectivity index (χ4v) is 4.38. The van der Waals surface area contributed by atoms with E-state index >= 15 is 0 Å². The molecular formula is C29H33N3O6. The van der Waals surface area contributed by atoms with E-state index in [0.717, 1.165) is 0 Å². The van der Waals surface area contributed by atoms with Gasteiger partial charge in [0, 0.05) is 18.5 Å². The second-order valence-corrected chi connectivity index (χ2v) is 9.87. The monoisotopic (exact) mass is 519 g/mol. The minimum Gasteiger partial charge on any atom is -0.475 e. The summed E-state index contributed by atoms with van der Waals surface area (Å²) in [6.45, 7) is 6.71. The quantitative estimate of drug-likeness (QED) is 0.465. The Morgan fingerprint density at radius 2 is 1.50 bits per heavy atom. The molecule has 9 heteroatoms. The summed E-state index contributed by atoms with van der Waals surface area (Å²) in [6, 6.07) is 15.5. The van der Waals surface area contributed by atoms with E-state index in [4.69, 9.17) is 0 Å². The molecular weight excluding hydrogens is 486 g/mol. The lowest BCUT2D eigenvalue weighted by Crippen LogP contribution is -2.57. The molecule has 9 nitrogen and oxygen atoms in total. The fraction of sp³-hybridized carbons (Fsp3) is 0.345. The normalized spacial score (nSPS) is 16.3. The highest BCUT2D eigenvalue weighted by molar-refractivity contribution is 6.35. The summed E-state index contributed by atoms with van der Waals surface area (Å²) in [5, 5.41) is 11.8. The van der Waals surface area contributed by atoms with Gasteiger partial charge < -0.3 is 15.3 Å². The number of carboxylic acid groups (broad SMARTS) is 1. The molecule has 0 aromatic heterocycles. The minimum atomic E-state index is -1.66. The largest absolute Gasteiger partial charge is 0.475 e. The Labute approximate surface area is 222 Å². The molecule has 200 valence electrons. The number of amides is 3. The van der Waals surface area contributed by atoms with Crippen molar-refractivity contribution in [3.63, 3.8) is 0 Å². The van der Waals surface area contributed by atoms with Crippen LogP contribution in [0.3, 0.4) is 0 Å². The van der Waals surface area contributed by atoms with Gasteiger partial charge in [0.05, 0.1) is 5.70 Å². The summed E-state index contributed by atoms with van der Waals surface area (Å²) in [6.07, 6.45) is 1.58. The second-order valence-electron chi connectivity index (χ2n) is 9.87. The molecule has 2 atom stereocenters. The zero-order valence-corrected chi connectivity index (χ0v) is 22.0. The summed E-state index contributed by atoms with van der Waals surface area (Å²) in [7, 11) is 0. The summed E-state index contributed by atoms with van der Waals surface area (Å²) >= 11 is 0. The Hall–Kier alpha value is -4.27. The van der Waals surface area contributed by atoms with Crippen molar-refractivity contribution in [1.29, 1.82) is 0 Å². The lowest BCUT2D eigenvalue weighted by Gasteiger charge is -2.41. The van der Waals surface area contributed by atoms with Crippen LogP contribution in [0.4, 0.5) is 0 Å². The maximum absolute atomic E-state index is 13.8. The van der Waals surface area contributed by atoms with Gasteiger partial charge in [-0.05, 0) is 17.0 Å². The molecule has 3 amide bonds. The summed E-state index contributed by atoms with van der Waals surface area (Å²) in [5.74, 6) is -4.76. The molecule has 1 heterocycles. The van der Waals surface area contributed by atoms with Crippen LogP contribution in [0.5, 0.6) is 0 Å². The van der Waals surface area contributed by atoms with Crippen LogP contribution in [-0.4, -0.2) is 63.0 Å². The summed E-state index contributed by atoms with van der Waals surface area (Å²) in [5.41, 5.74) is 1.66. The molecule has 0 fully saturated rings. The van der Waals surface area contributed by atoms with Gasteiger partial charge >= 0.3 is 5.97 Å². The maximum atomic E-state index is 13.8. The van der Waals surface area contributed by atoms with E-state index in [-0.39, 0.29) is 24.2 Å². The number of rotatable bonds is 10. The molecule has 3 rings (SSSR count). The van der Waals surface area contributed by atoms with Crippen LogP contribution in [-0.2, 0) is 30.4 Å². The molecule has 0 bridgehead atoms. The number of Topliss-reactive ketones (excluding diaryl/α,β-unsaturated/α-hetero) is 1. The predicted molar refractivity (Wildman–Crippen MR) is 141 cm³/mol. The molecule has 38 heavy (non-hydrogen) atoms.